The number of hydrogen-bond donors (Lipinski definition) is 2. The lowest BCUT2D eigenvalue weighted by Crippen LogP contribution is -2.31. The van der Waals surface area contributed by atoms with Crippen LogP contribution in [0.15, 0.2) is 48.5 Å². The van der Waals surface area contributed by atoms with Crippen molar-refractivity contribution in [3.8, 4) is 0 Å². The Morgan fingerprint density at radius 1 is 1.04 bits per heavy atom. The summed E-state index contributed by atoms with van der Waals surface area (Å²) >= 11 is 0. The fourth-order valence-corrected chi connectivity index (χ4v) is 3.89. The van der Waals surface area contributed by atoms with Crippen LogP contribution in [0, 0.1) is 5.82 Å². The Kier molecular flexibility index (Phi) is 5.78. The third kappa shape index (κ3) is 4.13. The number of nitrogens with zero attached hydrogens (tertiary/aromatic N) is 3. The van der Waals surface area contributed by atoms with Crippen molar-refractivity contribution in [3.63, 3.8) is 0 Å². The minimum absolute atomic E-state index is 0.176. The highest BCUT2D eigenvalue weighted by molar-refractivity contribution is 5.89. The summed E-state index contributed by atoms with van der Waals surface area (Å²) < 4.78 is 13.4. The summed E-state index contributed by atoms with van der Waals surface area (Å²) in [5.74, 6) is 1.38. The highest BCUT2D eigenvalue weighted by Crippen LogP contribution is 2.27. The summed E-state index contributed by atoms with van der Waals surface area (Å²) in [5.41, 5.74) is 7.75. The van der Waals surface area contributed by atoms with Gasteiger partial charge in [0.05, 0.1) is 11.6 Å². The maximum atomic E-state index is 13.4. The molecule has 5 nitrogen and oxygen atoms in total. The number of hydrogen-bond acceptors (Lipinski definition) is 5. The minimum Gasteiger partial charge on any atom is -0.368 e. The molecule has 2 aromatic carbocycles. The highest BCUT2D eigenvalue weighted by Gasteiger charge is 2.24. The molecule has 1 aliphatic rings. The number of likely N-dealkylation sites (tertiary alicyclic amines) is 1. The standard InChI is InChI=1S/C22H26FN5/c23-17-9-7-16(8-10-17)20(28-13-3-4-14-28)15-25-22-18-5-1-2-6-19(18)26-21(27-22)11-12-24/h1-2,5-10,20H,3-4,11-15,24H2,(H,25,26,27). The average Bonchev–Trinajstić information content (AvgIpc) is 3.24. The van der Waals surface area contributed by atoms with Crippen molar-refractivity contribution in [1.82, 2.24) is 14.9 Å². The second kappa shape index (κ2) is 8.63. The highest BCUT2D eigenvalue weighted by atomic mass is 19.1. The van der Waals surface area contributed by atoms with Crippen molar-refractivity contribution >= 4 is 16.7 Å². The lowest BCUT2D eigenvalue weighted by atomic mass is 10.1. The average molecular weight is 379 g/mol. The van der Waals surface area contributed by atoms with Crippen LogP contribution in [0.1, 0.15) is 30.3 Å². The van der Waals surface area contributed by atoms with E-state index in [2.05, 4.69) is 15.2 Å². The second-order valence-electron chi connectivity index (χ2n) is 7.24. The van der Waals surface area contributed by atoms with Crippen molar-refractivity contribution in [2.24, 2.45) is 5.73 Å². The van der Waals surface area contributed by atoms with Gasteiger partial charge in [-0.05, 0) is 62.3 Å². The molecule has 1 aromatic heterocycles. The van der Waals surface area contributed by atoms with Crippen LogP contribution in [0.3, 0.4) is 0 Å². The Morgan fingerprint density at radius 2 is 1.79 bits per heavy atom. The first kappa shape index (κ1) is 18.8. The number of nitrogens with two attached hydrogens (primary N) is 1. The molecule has 2 heterocycles. The van der Waals surface area contributed by atoms with E-state index in [1.807, 2.05) is 36.4 Å². The van der Waals surface area contributed by atoms with E-state index >= 15 is 0 Å². The fraction of sp³-hybridized carbons (Fsp3) is 0.364. The molecule has 0 amide bonds. The van der Waals surface area contributed by atoms with Gasteiger partial charge in [0, 0.05) is 18.4 Å². The maximum absolute atomic E-state index is 13.4. The zero-order chi connectivity index (χ0) is 19.3. The molecule has 0 radical (unpaired) electrons. The lowest BCUT2D eigenvalue weighted by Gasteiger charge is -2.28. The smallest absolute Gasteiger partial charge is 0.137 e. The third-order valence-electron chi connectivity index (χ3n) is 5.32. The van der Waals surface area contributed by atoms with Crippen LogP contribution in [-0.4, -0.2) is 41.0 Å². The predicted molar refractivity (Wildman–Crippen MR) is 111 cm³/mol. The Morgan fingerprint density at radius 3 is 2.54 bits per heavy atom. The van der Waals surface area contributed by atoms with Crippen LogP contribution in [0.5, 0.6) is 0 Å². The van der Waals surface area contributed by atoms with Crippen LogP contribution in [0.2, 0.25) is 0 Å². The summed E-state index contributed by atoms with van der Waals surface area (Å²) in [7, 11) is 0. The minimum atomic E-state index is -0.204. The van der Waals surface area contributed by atoms with E-state index in [0.29, 0.717) is 19.5 Å². The molecule has 1 atom stereocenters. The zero-order valence-electron chi connectivity index (χ0n) is 15.9. The summed E-state index contributed by atoms with van der Waals surface area (Å²) in [6.07, 6.45) is 3.05. The van der Waals surface area contributed by atoms with Crippen LogP contribution in [0.25, 0.3) is 10.9 Å². The molecule has 1 unspecified atom stereocenters. The number of rotatable bonds is 7. The van der Waals surface area contributed by atoms with E-state index in [9.17, 15) is 4.39 Å². The van der Waals surface area contributed by atoms with E-state index in [1.54, 1.807) is 0 Å². The maximum Gasteiger partial charge on any atom is 0.137 e. The van der Waals surface area contributed by atoms with E-state index < -0.39 is 0 Å². The van der Waals surface area contributed by atoms with Crippen molar-refractivity contribution in [3.05, 3.63) is 65.7 Å². The second-order valence-corrected chi connectivity index (χ2v) is 7.24. The van der Waals surface area contributed by atoms with E-state index in [-0.39, 0.29) is 11.9 Å². The van der Waals surface area contributed by atoms with Crippen LogP contribution >= 0.6 is 0 Å². The van der Waals surface area contributed by atoms with Gasteiger partial charge in [0.2, 0.25) is 0 Å². The number of para-hydroxylation sites is 1. The molecule has 3 N–H and O–H groups in total. The number of aromatic nitrogens is 2. The number of benzene rings is 2. The Balaban J connectivity index is 1.62. The van der Waals surface area contributed by atoms with Gasteiger partial charge >= 0.3 is 0 Å². The molecular weight excluding hydrogens is 353 g/mol. The Hall–Kier alpha value is -2.57. The number of halogens is 1. The molecule has 1 fully saturated rings. The van der Waals surface area contributed by atoms with Crippen molar-refractivity contribution < 1.29 is 4.39 Å². The predicted octanol–water partition coefficient (Wildman–Crippen LogP) is 3.52. The molecule has 0 saturated carbocycles. The van der Waals surface area contributed by atoms with Crippen molar-refractivity contribution in [2.75, 3.05) is 31.5 Å². The molecular formula is C22H26FN5. The number of fused-ring (bicyclic) bond motifs is 1. The molecule has 28 heavy (non-hydrogen) atoms. The molecule has 0 spiro atoms. The summed E-state index contributed by atoms with van der Waals surface area (Å²) in [5, 5.41) is 4.55. The first-order chi connectivity index (χ1) is 13.7. The van der Waals surface area contributed by atoms with Crippen LogP contribution in [-0.2, 0) is 6.42 Å². The molecule has 6 heteroatoms. The van der Waals surface area contributed by atoms with Gasteiger partial charge in [0.25, 0.3) is 0 Å². The molecule has 3 aromatic rings. The van der Waals surface area contributed by atoms with Gasteiger partial charge < -0.3 is 11.1 Å². The van der Waals surface area contributed by atoms with Gasteiger partial charge in [-0.1, -0.05) is 24.3 Å². The summed E-state index contributed by atoms with van der Waals surface area (Å²) in [4.78, 5) is 11.8. The first-order valence-electron chi connectivity index (χ1n) is 9.94. The zero-order valence-corrected chi connectivity index (χ0v) is 15.9. The molecule has 0 aliphatic carbocycles. The van der Waals surface area contributed by atoms with E-state index in [4.69, 9.17) is 10.7 Å². The monoisotopic (exact) mass is 379 g/mol. The SMILES string of the molecule is NCCc1nc(NCC(c2ccc(F)cc2)N2CCCC2)c2ccccc2n1. The summed E-state index contributed by atoms with van der Waals surface area (Å²) in [6, 6.07) is 15.0. The summed E-state index contributed by atoms with van der Waals surface area (Å²) in [6.45, 7) is 3.35. The lowest BCUT2D eigenvalue weighted by molar-refractivity contribution is 0.256. The normalized spacial score (nSPS) is 15.8. The third-order valence-corrected chi connectivity index (χ3v) is 5.32. The van der Waals surface area contributed by atoms with Gasteiger partial charge in [-0.2, -0.15) is 0 Å². The molecule has 146 valence electrons. The molecule has 0 bridgehead atoms. The topological polar surface area (TPSA) is 67.1 Å². The van der Waals surface area contributed by atoms with Gasteiger partial charge in [-0.3, -0.25) is 4.90 Å². The van der Waals surface area contributed by atoms with Gasteiger partial charge in [-0.25, -0.2) is 14.4 Å². The van der Waals surface area contributed by atoms with Crippen LogP contribution < -0.4 is 11.1 Å². The number of nitrogens with one attached hydrogen (secondary N) is 1. The fourth-order valence-electron chi connectivity index (χ4n) is 3.89. The van der Waals surface area contributed by atoms with Crippen molar-refractivity contribution in [1.29, 1.82) is 0 Å². The van der Waals surface area contributed by atoms with Crippen LogP contribution in [0.4, 0.5) is 10.2 Å². The van der Waals surface area contributed by atoms with E-state index in [0.717, 1.165) is 41.2 Å². The molecule has 1 aliphatic heterocycles. The Bertz CT molecular complexity index is 922. The van der Waals surface area contributed by atoms with E-state index in [1.165, 1.54) is 25.0 Å². The largest absolute Gasteiger partial charge is 0.368 e. The molecule has 4 rings (SSSR count). The van der Waals surface area contributed by atoms with Gasteiger partial charge in [0.15, 0.2) is 0 Å². The molecule has 1 saturated heterocycles. The number of anilines is 1. The first-order valence-corrected chi connectivity index (χ1v) is 9.94. The quantitative estimate of drug-likeness (QED) is 0.657. The Labute approximate surface area is 164 Å². The van der Waals surface area contributed by atoms with Gasteiger partial charge in [-0.15, -0.1) is 0 Å². The van der Waals surface area contributed by atoms with Gasteiger partial charge in [0.1, 0.15) is 17.5 Å². The van der Waals surface area contributed by atoms with Crippen molar-refractivity contribution in [2.45, 2.75) is 25.3 Å².